The lowest BCUT2D eigenvalue weighted by atomic mass is 9.94. The van der Waals surface area contributed by atoms with E-state index in [9.17, 15) is 19.1 Å². The van der Waals surface area contributed by atoms with Gasteiger partial charge in [0.15, 0.2) is 22.9 Å². The minimum Gasteiger partial charge on any atom is -0.503 e. The van der Waals surface area contributed by atoms with Crippen LogP contribution in [-0.4, -0.2) is 60.9 Å². The second-order valence-electron chi connectivity index (χ2n) is 7.81. The van der Waals surface area contributed by atoms with E-state index in [0.29, 0.717) is 23.3 Å². The van der Waals surface area contributed by atoms with E-state index in [1.807, 2.05) is 19.0 Å². The van der Waals surface area contributed by atoms with Gasteiger partial charge in [0, 0.05) is 24.0 Å². The van der Waals surface area contributed by atoms with Gasteiger partial charge in [-0.3, -0.25) is 9.59 Å². The summed E-state index contributed by atoms with van der Waals surface area (Å²) in [7, 11) is 5.15. The van der Waals surface area contributed by atoms with Crippen LogP contribution in [-0.2, 0) is 4.79 Å². The number of benzene rings is 2. The molecule has 0 radical (unpaired) electrons. The number of aliphatic hydroxyl groups is 1. The summed E-state index contributed by atoms with van der Waals surface area (Å²) >= 11 is 0. The van der Waals surface area contributed by atoms with Crippen LogP contribution < -0.4 is 4.74 Å². The summed E-state index contributed by atoms with van der Waals surface area (Å²) in [6.07, 6.45) is 0. The Balaban J connectivity index is 1.82. The number of para-hydroxylation sites is 1. The summed E-state index contributed by atoms with van der Waals surface area (Å²) in [5.74, 6) is -2.32. The summed E-state index contributed by atoms with van der Waals surface area (Å²) in [5, 5.41) is 11.3. The van der Waals surface area contributed by atoms with Crippen molar-refractivity contribution < 1.29 is 28.2 Å². The number of hydrogen-bond donors (Lipinski definition) is 1. The standard InChI is InChI=1S/C24H23FN2O5/c1-26(2)11-12-27-20(15-8-4-5-9-16(15)25)19(22(29)24(27)30)21(28)18-13-14-7-6-10-17(31-3)23(14)32-18/h4-10,13,20,29H,11-12H2,1-3H3/t20-/m1/s1. The van der Waals surface area contributed by atoms with Crippen LogP contribution in [0.2, 0.25) is 0 Å². The second-order valence-corrected chi connectivity index (χ2v) is 7.81. The zero-order valence-electron chi connectivity index (χ0n) is 18.0. The third-order valence-corrected chi connectivity index (χ3v) is 5.49. The molecule has 4 rings (SSSR count). The molecule has 1 aromatic heterocycles. The highest BCUT2D eigenvalue weighted by atomic mass is 19.1. The number of hydrogen-bond acceptors (Lipinski definition) is 6. The van der Waals surface area contributed by atoms with Gasteiger partial charge in [-0.25, -0.2) is 4.39 Å². The van der Waals surface area contributed by atoms with Gasteiger partial charge >= 0.3 is 0 Å². The van der Waals surface area contributed by atoms with Crippen molar-refractivity contribution in [2.75, 3.05) is 34.3 Å². The van der Waals surface area contributed by atoms with Gasteiger partial charge < -0.3 is 24.1 Å². The Hall–Kier alpha value is -3.65. The van der Waals surface area contributed by atoms with Crippen LogP contribution >= 0.6 is 0 Å². The Morgan fingerprint density at radius 1 is 1.22 bits per heavy atom. The van der Waals surface area contributed by atoms with E-state index in [1.54, 1.807) is 24.3 Å². The quantitative estimate of drug-likeness (QED) is 0.566. The number of ether oxygens (including phenoxy) is 1. The Morgan fingerprint density at radius 2 is 1.97 bits per heavy atom. The van der Waals surface area contributed by atoms with Crippen molar-refractivity contribution >= 4 is 22.7 Å². The lowest BCUT2D eigenvalue weighted by Gasteiger charge is -2.28. The van der Waals surface area contributed by atoms with E-state index in [1.165, 1.54) is 36.3 Å². The maximum atomic E-state index is 14.8. The van der Waals surface area contributed by atoms with Crippen LogP contribution in [0.4, 0.5) is 4.39 Å². The minimum absolute atomic E-state index is 0.0744. The highest BCUT2D eigenvalue weighted by Crippen LogP contribution is 2.40. The van der Waals surface area contributed by atoms with Crippen molar-refractivity contribution in [1.29, 1.82) is 0 Å². The molecule has 0 spiro atoms. The number of ketones is 1. The first-order valence-corrected chi connectivity index (χ1v) is 10.1. The monoisotopic (exact) mass is 438 g/mol. The summed E-state index contributed by atoms with van der Waals surface area (Å²) in [6.45, 7) is 0.660. The maximum Gasteiger partial charge on any atom is 0.290 e. The Labute approximate surface area is 184 Å². The van der Waals surface area contributed by atoms with E-state index < -0.39 is 29.3 Å². The second kappa shape index (κ2) is 8.47. The molecule has 0 aliphatic carbocycles. The molecule has 1 aliphatic rings. The number of amides is 1. The summed E-state index contributed by atoms with van der Waals surface area (Å²) in [5.41, 5.74) is 0.284. The lowest BCUT2D eigenvalue weighted by molar-refractivity contribution is -0.129. The van der Waals surface area contributed by atoms with Gasteiger partial charge in [0.1, 0.15) is 5.82 Å². The fraction of sp³-hybridized carbons (Fsp3) is 0.250. The molecule has 0 saturated heterocycles. The first-order chi connectivity index (χ1) is 15.3. The van der Waals surface area contributed by atoms with Crippen LogP contribution in [0.25, 0.3) is 11.0 Å². The fourth-order valence-electron chi connectivity index (χ4n) is 3.89. The molecule has 3 aromatic rings. The molecule has 2 heterocycles. The van der Waals surface area contributed by atoms with E-state index >= 15 is 0 Å². The number of halogens is 1. The average molecular weight is 438 g/mol. The number of furan rings is 1. The SMILES string of the molecule is COc1cccc2cc(C(=O)C3=C(O)C(=O)N(CCN(C)C)[C@@H]3c3ccccc3F)oc12. The van der Waals surface area contributed by atoms with Gasteiger partial charge in [-0.15, -0.1) is 0 Å². The zero-order valence-corrected chi connectivity index (χ0v) is 18.0. The number of carbonyl (C=O) groups is 2. The predicted octanol–water partition coefficient (Wildman–Crippen LogP) is 3.72. The van der Waals surface area contributed by atoms with Gasteiger partial charge in [0.05, 0.1) is 18.7 Å². The number of fused-ring (bicyclic) bond motifs is 1. The number of rotatable bonds is 7. The van der Waals surface area contributed by atoms with Crippen molar-refractivity contribution in [3.05, 3.63) is 77.0 Å². The van der Waals surface area contributed by atoms with Crippen LogP contribution in [0.5, 0.6) is 5.75 Å². The zero-order chi connectivity index (χ0) is 23.0. The molecule has 32 heavy (non-hydrogen) atoms. The van der Waals surface area contributed by atoms with Crippen molar-refractivity contribution in [2.45, 2.75) is 6.04 Å². The van der Waals surface area contributed by atoms with Gasteiger partial charge in [0.2, 0.25) is 5.78 Å². The van der Waals surface area contributed by atoms with Crippen LogP contribution in [0.15, 0.2) is 64.3 Å². The Bertz CT molecular complexity index is 1230. The summed E-state index contributed by atoms with van der Waals surface area (Å²) in [4.78, 5) is 29.6. The number of likely N-dealkylation sites (N-methyl/N-ethyl adjacent to an activating group) is 1. The molecule has 1 atom stereocenters. The third kappa shape index (κ3) is 3.62. The van der Waals surface area contributed by atoms with Crippen molar-refractivity contribution in [3.8, 4) is 5.75 Å². The first kappa shape index (κ1) is 21.6. The van der Waals surface area contributed by atoms with Crippen LogP contribution in [0.1, 0.15) is 22.2 Å². The first-order valence-electron chi connectivity index (χ1n) is 10.1. The van der Waals surface area contributed by atoms with Crippen molar-refractivity contribution in [1.82, 2.24) is 9.80 Å². The number of Topliss-reactive ketones (excluding diaryl/α,β-unsaturated/α-hetero) is 1. The topological polar surface area (TPSA) is 83.2 Å². The number of aliphatic hydroxyl groups excluding tert-OH is 1. The Morgan fingerprint density at radius 3 is 2.66 bits per heavy atom. The third-order valence-electron chi connectivity index (χ3n) is 5.49. The molecule has 2 aromatic carbocycles. The van der Waals surface area contributed by atoms with Crippen LogP contribution in [0, 0.1) is 5.82 Å². The van der Waals surface area contributed by atoms with E-state index in [-0.39, 0.29) is 23.4 Å². The van der Waals surface area contributed by atoms with E-state index in [2.05, 4.69) is 0 Å². The fourth-order valence-corrected chi connectivity index (χ4v) is 3.89. The number of carbonyl (C=O) groups excluding carboxylic acids is 2. The number of methoxy groups -OCH3 is 1. The normalized spacial score (nSPS) is 16.5. The molecular weight excluding hydrogens is 415 g/mol. The lowest BCUT2D eigenvalue weighted by Crippen LogP contribution is -2.37. The molecule has 0 fully saturated rings. The highest BCUT2D eigenvalue weighted by Gasteiger charge is 2.45. The van der Waals surface area contributed by atoms with Crippen LogP contribution in [0.3, 0.4) is 0 Å². The molecule has 7 nitrogen and oxygen atoms in total. The molecule has 0 saturated carbocycles. The van der Waals surface area contributed by atoms with Gasteiger partial charge in [0.25, 0.3) is 5.91 Å². The summed E-state index contributed by atoms with van der Waals surface area (Å²) < 4.78 is 25.8. The van der Waals surface area contributed by atoms with Gasteiger partial charge in [-0.05, 0) is 32.3 Å². The van der Waals surface area contributed by atoms with Crippen molar-refractivity contribution in [3.63, 3.8) is 0 Å². The molecule has 8 heteroatoms. The Kier molecular flexibility index (Phi) is 5.71. The molecule has 0 bridgehead atoms. The average Bonchev–Trinajstić information content (AvgIpc) is 3.32. The maximum absolute atomic E-state index is 14.8. The summed E-state index contributed by atoms with van der Waals surface area (Å²) in [6, 6.07) is 11.6. The van der Waals surface area contributed by atoms with Crippen molar-refractivity contribution in [2.24, 2.45) is 0 Å². The molecule has 1 N–H and O–H groups in total. The molecular formula is C24H23FN2O5. The minimum atomic E-state index is -1.08. The van der Waals surface area contributed by atoms with Gasteiger partial charge in [-0.1, -0.05) is 30.3 Å². The predicted molar refractivity (Wildman–Crippen MR) is 116 cm³/mol. The molecule has 1 aliphatic heterocycles. The molecule has 1 amide bonds. The molecule has 166 valence electrons. The van der Waals surface area contributed by atoms with E-state index in [4.69, 9.17) is 9.15 Å². The van der Waals surface area contributed by atoms with E-state index in [0.717, 1.165) is 0 Å². The molecule has 0 unspecified atom stereocenters. The highest BCUT2D eigenvalue weighted by molar-refractivity contribution is 6.16. The smallest absolute Gasteiger partial charge is 0.290 e. The largest absolute Gasteiger partial charge is 0.503 e. The van der Waals surface area contributed by atoms with Gasteiger partial charge in [-0.2, -0.15) is 0 Å². The number of nitrogens with zero attached hydrogens (tertiary/aromatic N) is 2.